The Hall–Kier alpha value is -0.870. The Labute approximate surface area is 161 Å². The lowest BCUT2D eigenvalue weighted by Gasteiger charge is -2.36. The second-order valence-corrected chi connectivity index (χ2v) is 9.37. The molecule has 1 saturated carbocycles. The largest absolute Gasteiger partial charge is 0.475 e. The number of phosphoric acid groups is 1. The highest BCUT2D eigenvalue weighted by atomic mass is 32.1. The number of hydrogen-bond donors (Lipinski definition) is 2. The third kappa shape index (κ3) is 3.72. The Morgan fingerprint density at radius 3 is 2.85 bits per heavy atom. The molecule has 11 heteroatoms. The number of ether oxygens (including phenoxy) is 1. The fraction of sp³-hybridized carbons (Fsp3) is 0.750. The van der Waals surface area contributed by atoms with Gasteiger partial charge in [0.25, 0.3) is 5.56 Å². The molecule has 3 fully saturated rings. The van der Waals surface area contributed by atoms with E-state index in [4.69, 9.17) is 30.5 Å². The molecule has 3 heterocycles. The smallest absolute Gasteiger partial charge is 0.383 e. The Morgan fingerprint density at radius 2 is 2.15 bits per heavy atom. The van der Waals surface area contributed by atoms with Crippen LogP contribution in [0.5, 0.6) is 0 Å². The predicted molar refractivity (Wildman–Crippen MR) is 96.8 cm³/mol. The molecule has 2 N–H and O–H groups in total. The maximum Gasteiger partial charge on any atom is 0.475 e. The fourth-order valence-corrected chi connectivity index (χ4v) is 5.86. The number of aliphatic hydroxyl groups is 1. The molecule has 27 heavy (non-hydrogen) atoms. The molecular formula is C16H23N2O7PS. The summed E-state index contributed by atoms with van der Waals surface area (Å²) in [5, 5.41) is 11.1. The molecule has 0 amide bonds. The van der Waals surface area contributed by atoms with Gasteiger partial charge in [-0.05, 0) is 32.0 Å². The number of phosphoric ester groups is 1. The third-order valence-corrected chi connectivity index (χ3v) is 7.11. The van der Waals surface area contributed by atoms with Crippen molar-refractivity contribution in [2.45, 2.75) is 69.2 Å². The van der Waals surface area contributed by atoms with Crippen LogP contribution in [0.4, 0.5) is 0 Å². The first-order valence-electron chi connectivity index (χ1n) is 9.09. The predicted octanol–water partition coefficient (Wildman–Crippen LogP) is 2.43. The quantitative estimate of drug-likeness (QED) is 0.569. The minimum Gasteiger partial charge on any atom is -0.383 e. The Bertz CT molecular complexity index is 863. The summed E-state index contributed by atoms with van der Waals surface area (Å²) in [5.74, 6) is 0. The van der Waals surface area contributed by atoms with Crippen LogP contribution >= 0.6 is 20.0 Å². The van der Waals surface area contributed by atoms with Gasteiger partial charge >= 0.3 is 7.82 Å². The van der Waals surface area contributed by atoms with Crippen molar-refractivity contribution >= 4 is 20.0 Å². The number of rotatable bonds is 3. The first-order valence-corrected chi connectivity index (χ1v) is 11.0. The van der Waals surface area contributed by atoms with E-state index in [0.29, 0.717) is 0 Å². The number of nitrogens with zero attached hydrogens (tertiary/aromatic N) is 1. The van der Waals surface area contributed by atoms with Crippen molar-refractivity contribution in [1.29, 1.82) is 0 Å². The van der Waals surface area contributed by atoms with Crippen molar-refractivity contribution in [3.8, 4) is 0 Å². The van der Waals surface area contributed by atoms with Gasteiger partial charge in [-0.2, -0.15) is 0 Å². The molecule has 0 radical (unpaired) electrons. The summed E-state index contributed by atoms with van der Waals surface area (Å²) in [6.07, 6.45) is 3.58. The molecule has 9 nitrogen and oxygen atoms in total. The average Bonchev–Trinajstić information content (AvgIpc) is 2.86. The van der Waals surface area contributed by atoms with Crippen LogP contribution in [0.2, 0.25) is 0 Å². The molecule has 1 aromatic heterocycles. The van der Waals surface area contributed by atoms with E-state index >= 15 is 0 Å². The SMILES string of the molecule is C[C@@]1(O)C2OP(=O)(OC3CCCCC3)OC[C@H]2O[C@H]1n1ccc(=O)[nH]c1=S. The molecular weight excluding hydrogens is 395 g/mol. The van der Waals surface area contributed by atoms with E-state index in [2.05, 4.69) is 4.98 Å². The van der Waals surface area contributed by atoms with Gasteiger partial charge in [-0.15, -0.1) is 0 Å². The summed E-state index contributed by atoms with van der Waals surface area (Å²) < 4.78 is 37.1. The summed E-state index contributed by atoms with van der Waals surface area (Å²) in [4.78, 5) is 13.9. The number of hydrogen-bond acceptors (Lipinski definition) is 8. The van der Waals surface area contributed by atoms with Crippen LogP contribution < -0.4 is 5.56 Å². The normalized spacial score (nSPS) is 40.0. The topological polar surface area (TPSA) is 112 Å². The van der Waals surface area contributed by atoms with E-state index in [1.165, 1.54) is 23.8 Å². The number of aromatic amines is 1. The highest BCUT2D eigenvalue weighted by Crippen LogP contribution is 2.60. The standard InChI is InChI=1S/C16H23N2O7PS/c1-16(20)13-11(23-14(16)18-8-7-12(19)17-15(18)27)9-22-26(21,25-13)24-10-5-3-2-4-6-10/h7-8,10-11,13-14,20H,2-6,9H2,1H3,(H,17,19,27)/t11-,13?,14-,16-,26?/m1/s1. The second-order valence-electron chi connectivity index (χ2n) is 7.40. The molecule has 2 aliphatic heterocycles. The van der Waals surface area contributed by atoms with Gasteiger partial charge in [-0.1, -0.05) is 19.3 Å². The molecule has 2 saturated heterocycles. The summed E-state index contributed by atoms with van der Waals surface area (Å²) >= 11 is 5.16. The van der Waals surface area contributed by atoms with Crippen LogP contribution in [0.3, 0.4) is 0 Å². The molecule has 1 aromatic rings. The van der Waals surface area contributed by atoms with Crippen molar-refractivity contribution in [1.82, 2.24) is 9.55 Å². The summed E-state index contributed by atoms with van der Waals surface area (Å²) in [6, 6.07) is 1.28. The van der Waals surface area contributed by atoms with Gasteiger partial charge in [0, 0.05) is 12.3 Å². The first kappa shape index (κ1) is 19.4. The highest BCUT2D eigenvalue weighted by molar-refractivity contribution is 7.71. The van der Waals surface area contributed by atoms with E-state index in [9.17, 15) is 14.5 Å². The Balaban J connectivity index is 1.55. The number of fused-ring (bicyclic) bond motifs is 1. The minimum absolute atomic E-state index is 0.0298. The van der Waals surface area contributed by atoms with Crippen LogP contribution in [0.15, 0.2) is 17.1 Å². The van der Waals surface area contributed by atoms with Gasteiger partial charge < -0.3 is 9.84 Å². The Kier molecular flexibility index (Phi) is 5.17. The van der Waals surface area contributed by atoms with E-state index in [1.807, 2.05) is 0 Å². The molecule has 0 spiro atoms. The second kappa shape index (κ2) is 7.18. The fourth-order valence-electron chi connectivity index (χ4n) is 3.89. The van der Waals surface area contributed by atoms with Gasteiger partial charge in [0.15, 0.2) is 11.0 Å². The van der Waals surface area contributed by atoms with Crippen molar-refractivity contribution in [3.63, 3.8) is 0 Å². The first-order chi connectivity index (χ1) is 12.8. The lowest BCUT2D eigenvalue weighted by Crippen LogP contribution is -2.48. The zero-order valence-corrected chi connectivity index (χ0v) is 16.6. The molecule has 150 valence electrons. The average molecular weight is 418 g/mol. The monoisotopic (exact) mass is 418 g/mol. The van der Waals surface area contributed by atoms with Gasteiger partial charge in [-0.25, -0.2) is 4.57 Å². The number of aromatic nitrogens is 2. The van der Waals surface area contributed by atoms with Crippen molar-refractivity contribution in [2.24, 2.45) is 0 Å². The molecule has 0 bridgehead atoms. The maximum atomic E-state index is 13.0. The summed E-state index contributed by atoms with van der Waals surface area (Å²) in [5.41, 5.74) is -1.91. The zero-order valence-electron chi connectivity index (χ0n) is 14.9. The van der Waals surface area contributed by atoms with Crippen LogP contribution in [0, 0.1) is 4.77 Å². The number of H-pyrrole nitrogens is 1. The van der Waals surface area contributed by atoms with E-state index in [0.717, 1.165) is 32.1 Å². The third-order valence-electron chi connectivity index (χ3n) is 5.29. The van der Waals surface area contributed by atoms with Crippen LogP contribution in [-0.2, 0) is 22.9 Å². The van der Waals surface area contributed by atoms with Crippen molar-refractivity contribution < 1.29 is 28.0 Å². The zero-order chi connectivity index (χ0) is 19.2. The van der Waals surface area contributed by atoms with Crippen LogP contribution in [0.1, 0.15) is 45.3 Å². The maximum absolute atomic E-state index is 13.0. The van der Waals surface area contributed by atoms with E-state index in [1.54, 1.807) is 0 Å². The van der Waals surface area contributed by atoms with E-state index in [-0.39, 0.29) is 23.0 Å². The lowest BCUT2D eigenvalue weighted by molar-refractivity contribution is -0.0947. The molecule has 0 aromatic carbocycles. The van der Waals surface area contributed by atoms with Crippen molar-refractivity contribution in [2.75, 3.05) is 6.61 Å². The van der Waals surface area contributed by atoms with Gasteiger partial charge in [0.2, 0.25) is 0 Å². The summed E-state index contributed by atoms with van der Waals surface area (Å²) in [7, 11) is -3.80. The molecule has 4 rings (SSSR count). The summed E-state index contributed by atoms with van der Waals surface area (Å²) in [6.45, 7) is 1.49. The van der Waals surface area contributed by atoms with Crippen molar-refractivity contribution in [3.05, 3.63) is 27.4 Å². The number of nitrogens with one attached hydrogen (secondary N) is 1. The van der Waals surface area contributed by atoms with E-state index < -0.39 is 31.9 Å². The van der Waals surface area contributed by atoms with Gasteiger partial charge in [-0.3, -0.25) is 27.9 Å². The minimum atomic E-state index is -3.80. The molecule has 2 unspecified atom stereocenters. The van der Waals surface area contributed by atoms with Gasteiger partial charge in [0.1, 0.15) is 17.8 Å². The van der Waals surface area contributed by atoms with Crippen LogP contribution in [0.25, 0.3) is 0 Å². The lowest BCUT2D eigenvalue weighted by atomic mass is 9.96. The highest BCUT2D eigenvalue weighted by Gasteiger charge is 2.60. The molecule has 1 aliphatic carbocycles. The molecule has 3 aliphatic rings. The Morgan fingerprint density at radius 1 is 1.41 bits per heavy atom. The molecule has 5 atom stereocenters. The van der Waals surface area contributed by atoms with Crippen LogP contribution in [-0.4, -0.2) is 45.2 Å². The van der Waals surface area contributed by atoms with Gasteiger partial charge in [0.05, 0.1) is 12.7 Å².